The quantitative estimate of drug-likeness (QED) is 0.703. The van der Waals surface area contributed by atoms with Crippen molar-refractivity contribution in [3.05, 3.63) is 29.8 Å². The van der Waals surface area contributed by atoms with Crippen molar-refractivity contribution in [1.29, 1.82) is 0 Å². The van der Waals surface area contributed by atoms with Crippen molar-refractivity contribution in [3.63, 3.8) is 0 Å². The highest BCUT2D eigenvalue weighted by molar-refractivity contribution is 5.31. The summed E-state index contributed by atoms with van der Waals surface area (Å²) >= 11 is 0. The molecule has 0 saturated heterocycles. The molecule has 0 aromatic heterocycles. The summed E-state index contributed by atoms with van der Waals surface area (Å²) < 4.78 is 5.39. The fourth-order valence-electron chi connectivity index (χ4n) is 1.25. The fraction of sp³-hybridized carbons (Fsp3) is 0.500. The van der Waals surface area contributed by atoms with Gasteiger partial charge in [-0.25, -0.2) is 0 Å². The van der Waals surface area contributed by atoms with E-state index in [1.54, 1.807) is 6.07 Å². The normalized spacial score (nSPS) is 10.9. The lowest BCUT2D eigenvalue weighted by Crippen LogP contribution is -2.20. The number of aromatic hydroxyl groups is 1. The second kappa shape index (κ2) is 6.43. The van der Waals surface area contributed by atoms with Gasteiger partial charge in [-0.05, 0) is 19.9 Å². The molecule has 1 rings (SSSR count). The predicted octanol–water partition coefficient (Wildman–Crippen LogP) is 1.91. The summed E-state index contributed by atoms with van der Waals surface area (Å²) in [6.07, 6.45) is 0.275. The molecule has 0 radical (unpaired) electrons. The molecule has 1 aromatic carbocycles. The molecule has 0 fully saturated rings. The lowest BCUT2D eigenvalue weighted by Gasteiger charge is -2.09. The minimum Gasteiger partial charge on any atom is -0.508 e. The van der Waals surface area contributed by atoms with Crippen molar-refractivity contribution in [2.75, 3.05) is 13.2 Å². The van der Waals surface area contributed by atoms with Crippen LogP contribution >= 0.6 is 0 Å². The number of phenolic OH excluding ortho intramolecular Hbond substituents is 1. The van der Waals surface area contributed by atoms with Gasteiger partial charge in [0, 0.05) is 18.7 Å². The Hall–Kier alpha value is -1.06. The number of para-hydroxylation sites is 1. The number of ether oxygens (including phenoxy) is 1. The standard InChI is InChI=1S/C12H19NO2/c1-10(2)15-8-7-13-9-11-5-3-4-6-12(11)14/h3-6,10,13-14H,7-9H2,1-2H3. The third-order valence-electron chi connectivity index (χ3n) is 2.04. The zero-order chi connectivity index (χ0) is 11.1. The maximum Gasteiger partial charge on any atom is 0.120 e. The Morgan fingerprint density at radius 3 is 2.73 bits per heavy atom. The highest BCUT2D eigenvalue weighted by atomic mass is 16.5. The molecular formula is C12H19NO2. The zero-order valence-electron chi connectivity index (χ0n) is 9.36. The van der Waals surface area contributed by atoms with Gasteiger partial charge < -0.3 is 15.2 Å². The van der Waals surface area contributed by atoms with E-state index in [2.05, 4.69) is 5.32 Å². The summed E-state index contributed by atoms with van der Waals surface area (Å²) in [5, 5.41) is 12.7. The molecule has 0 amide bonds. The molecule has 0 spiro atoms. The average molecular weight is 209 g/mol. The van der Waals surface area contributed by atoms with Crippen molar-refractivity contribution in [2.24, 2.45) is 0 Å². The van der Waals surface area contributed by atoms with E-state index in [1.807, 2.05) is 32.0 Å². The van der Waals surface area contributed by atoms with E-state index < -0.39 is 0 Å². The molecule has 15 heavy (non-hydrogen) atoms. The Kier molecular flexibility index (Phi) is 5.15. The Bertz CT molecular complexity index is 287. The molecule has 1 aromatic rings. The number of rotatable bonds is 6. The van der Waals surface area contributed by atoms with Gasteiger partial charge in [-0.15, -0.1) is 0 Å². The first-order valence-electron chi connectivity index (χ1n) is 5.29. The van der Waals surface area contributed by atoms with Gasteiger partial charge in [0.15, 0.2) is 0 Å². The molecule has 0 unspecified atom stereocenters. The fourth-order valence-corrected chi connectivity index (χ4v) is 1.25. The molecule has 0 aliphatic heterocycles. The first-order valence-corrected chi connectivity index (χ1v) is 5.29. The smallest absolute Gasteiger partial charge is 0.120 e. The number of benzene rings is 1. The molecule has 0 aliphatic rings. The lowest BCUT2D eigenvalue weighted by atomic mass is 10.2. The molecule has 0 saturated carbocycles. The van der Waals surface area contributed by atoms with Crippen LogP contribution in [0.3, 0.4) is 0 Å². The number of nitrogens with one attached hydrogen (secondary N) is 1. The molecular weight excluding hydrogens is 190 g/mol. The van der Waals surface area contributed by atoms with E-state index in [4.69, 9.17) is 4.74 Å². The molecule has 2 N–H and O–H groups in total. The molecule has 0 bridgehead atoms. The minimum atomic E-state index is 0.275. The van der Waals surface area contributed by atoms with Gasteiger partial charge in [0.2, 0.25) is 0 Å². The highest BCUT2D eigenvalue weighted by Gasteiger charge is 1.98. The van der Waals surface area contributed by atoms with Crippen LogP contribution in [-0.4, -0.2) is 24.4 Å². The minimum absolute atomic E-state index is 0.275. The van der Waals surface area contributed by atoms with Crippen molar-refractivity contribution >= 4 is 0 Å². The summed E-state index contributed by atoms with van der Waals surface area (Å²) in [5.41, 5.74) is 0.919. The van der Waals surface area contributed by atoms with Gasteiger partial charge in [0.1, 0.15) is 5.75 Å². The Morgan fingerprint density at radius 1 is 1.33 bits per heavy atom. The van der Waals surface area contributed by atoms with Gasteiger partial charge in [-0.2, -0.15) is 0 Å². The van der Waals surface area contributed by atoms with Gasteiger partial charge >= 0.3 is 0 Å². The van der Waals surface area contributed by atoms with E-state index >= 15 is 0 Å². The summed E-state index contributed by atoms with van der Waals surface area (Å²) in [6.45, 7) is 6.21. The van der Waals surface area contributed by atoms with Gasteiger partial charge in [0.05, 0.1) is 12.7 Å². The Morgan fingerprint density at radius 2 is 2.07 bits per heavy atom. The van der Waals surface area contributed by atoms with Crippen LogP contribution in [0.2, 0.25) is 0 Å². The van der Waals surface area contributed by atoms with Crippen LogP contribution in [-0.2, 0) is 11.3 Å². The van der Waals surface area contributed by atoms with E-state index in [0.29, 0.717) is 18.9 Å². The maximum atomic E-state index is 9.48. The van der Waals surface area contributed by atoms with Crippen molar-refractivity contribution in [2.45, 2.75) is 26.5 Å². The van der Waals surface area contributed by atoms with Crippen LogP contribution in [0.25, 0.3) is 0 Å². The van der Waals surface area contributed by atoms with E-state index in [9.17, 15) is 5.11 Å². The van der Waals surface area contributed by atoms with E-state index in [1.165, 1.54) is 0 Å². The van der Waals surface area contributed by atoms with Crippen molar-refractivity contribution in [1.82, 2.24) is 5.32 Å². The summed E-state index contributed by atoms with van der Waals surface area (Å²) in [7, 11) is 0. The van der Waals surface area contributed by atoms with E-state index in [0.717, 1.165) is 12.1 Å². The second-order valence-corrected chi connectivity index (χ2v) is 3.73. The summed E-state index contributed by atoms with van der Waals surface area (Å²) in [4.78, 5) is 0. The van der Waals surface area contributed by atoms with Crippen LogP contribution in [0.15, 0.2) is 24.3 Å². The first kappa shape index (κ1) is 12.0. The van der Waals surface area contributed by atoms with Gasteiger partial charge in [0.25, 0.3) is 0 Å². The molecule has 0 heterocycles. The molecule has 84 valence electrons. The molecule has 3 nitrogen and oxygen atoms in total. The van der Waals surface area contributed by atoms with Crippen LogP contribution in [0.4, 0.5) is 0 Å². The third kappa shape index (κ3) is 4.81. The van der Waals surface area contributed by atoms with Gasteiger partial charge in [-0.1, -0.05) is 18.2 Å². The Balaban J connectivity index is 2.18. The van der Waals surface area contributed by atoms with E-state index in [-0.39, 0.29) is 6.10 Å². The van der Waals surface area contributed by atoms with Crippen LogP contribution in [0.1, 0.15) is 19.4 Å². The first-order chi connectivity index (χ1) is 7.20. The second-order valence-electron chi connectivity index (χ2n) is 3.73. The molecule has 3 heteroatoms. The van der Waals surface area contributed by atoms with Crippen molar-refractivity contribution < 1.29 is 9.84 Å². The van der Waals surface area contributed by atoms with Crippen LogP contribution < -0.4 is 5.32 Å². The highest BCUT2D eigenvalue weighted by Crippen LogP contribution is 2.14. The third-order valence-corrected chi connectivity index (χ3v) is 2.04. The zero-order valence-corrected chi connectivity index (χ0v) is 9.36. The maximum absolute atomic E-state index is 9.48. The number of hydrogen-bond donors (Lipinski definition) is 2. The average Bonchev–Trinajstić information content (AvgIpc) is 2.20. The predicted molar refractivity (Wildman–Crippen MR) is 60.9 cm³/mol. The molecule has 0 atom stereocenters. The lowest BCUT2D eigenvalue weighted by molar-refractivity contribution is 0.0807. The largest absolute Gasteiger partial charge is 0.508 e. The number of hydrogen-bond acceptors (Lipinski definition) is 3. The SMILES string of the molecule is CC(C)OCCNCc1ccccc1O. The Labute approximate surface area is 91.1 Å². The van der Waals surface area contributed by atoms with Gasteiger partial charge in [-0.3, -0.25) is 0 Å². The van der Waals surface area contributed by atoms with Crippen LogP contribution in [0, 0.1) is 0 Å². The van der Waals surface area contributed by atoms with Crippen molar-refractivity contribution in [3.8, 4) is 5.75 Å². The number of phenols is 1. The summed E-state index contributed by atoms with van der Waals surface area (Å²) in [6, 6.07) is 7.34. The molecule has 0 aliphatic carbocycles. The van der Waals surface area contributed by atoms with Crippen LogP contribution in [0.5, 0.6) is 5.75 Å². The summed E-state index contributed by atoms with van der Waals surface area (Å²) in [5.74, 6) is 0.342. The monoisotopic (exact) mass is 209 g/mol. The topological polar surface area (TPSA) is 41.5 Å².